The van der Waals surface area contributed by atoms with Gasteiger partial charge in [0.25, 0.3) is 5.56 Å². The maximum atomic E-state index is 12.0. The molecule has 0 spiro atoms. The number of aromatic nitrogens is 2. The van der Waals surface area contributed by atoms with Crippen LogP contribution >= 0.6 is 0 Å². The van der Waals surface area contributed by atoms with Crippen molar-refractivity contribution < 1.29 is 5.32 Å². The number of hydrogen-bond donors (Lipinski definition) is 2. The van der Waals surface area contributed by atoms with Crippen molar-refractivity contribution in [2.75, 3.05) is 0 Å². The van der Waals surface area contributed by atoms with E-state index in [4.69, 9.17) is 0 Å². The summed E-state index contributed by atoms with van der Waals surface area (Å²) in [6.07, 6.45) is 9.39. The van der Waals surface area contributed by atoms with Crippen LogP contribution in [0.1, 0.15) is 50.8 Å². The number of fused-ring (bicyclic) bond motifs is 1. The Morgan fingerprint density at radius 2 is 1.81 bits per heavy atom. The number of benzene rings is 1. The van der Waals surface area contributed by atoms with Gasteiger partial charge in [-0.2, -0.15) is 0 Å². The topological polar surface area (TPSA) is 62.4 Å². The van der Waals surface area contributed by atoms with E-state index in [-0.39, 0.29) is 5.56 Å². The zero-order valence-corrected chi connectivity index (χ0v) is 12.5. The van der Waals surface area contributed by atoms with Crippen LogP contribution in [0.3, 0.4) is 0 Å². The number of quaternary nitrogens is 1. The smallest absolute Gasteiger partial charge is 0.258 e. The largest absolute Gasteiger partial charge is 0.338 e. The molecule has 3 N–H and O–H groups in total. The van der Waals surface area contributed by atoms with Crippen molar-refractivity contribution in [2.24, 2.45) is 0 Å². The molecule has 0 radical (unpaired) electrons. The minimum atomic E-state index is -0.0262. The Morgan fingerprint density at radius 1 is 1.10 bits per heavy atom. The zero-order chi connectivity index (χ0) is 14.5. The highest BCUT2D eigenvalue weighted by molar-refractivity contribution is 5.77. The van der Waals surface area contributed by atoms with Gasteiger partial charge in [-0.1, -0.05) is 31.4 Å². The van der Waals surface area contributed by atoms with Crippen LogP contribution in [0.2, 0.25) is 0 Å². The monoisotopic (exact) mass is 286 g/mol. The summed E-state index contributed by atoms with van der Waals surface area (Å²) in [4.78, 5) is 19.5. The summed E-state index contributed by atoms with van der Waals surface area (Å²) >= 11 is 0. The molecule has 1 fully saturated rings. The van der Waals surface area contributed by atoms with E-state index in [2.05, 4.69) is 15.3 Å². The Morgan fingerprint density at radius 3 is 2.62 bits per heavy atom. The van der Waals surface area contributed by atoms with Gasteiger partial charge in [0.05, 0.1) is 16.9 Å². The minimum Gasteiger partial charge on any atom is -0.338 e. The maximum Gasteiger partial charge on any atom is 0.258 e. The van der Waals surface area contributed by atoms with Gasteiger partial charge >= 0.3 is 0 Å². The molecule has 0 bridgehead atoms. The van der Waals surface area contributed by atoms with Crippen molar-refractivity contribution in [1.29, 1.82) is 0 Å². The molecule has 4 heteroatoms. The second kappa shape index (κ2) is 6.85. The highest BCUT2D eigenvalue weighted by atomic mass is 16.1. The molecule has 0 saturated heterocycles. The molecule has 1 aliphatic rings. The summed E-state index contributed by atoms with van der Waals surface area (Å²) in [5, 5.41) is 3.03. The number of hydrogen-bond acceptors (Lipinski definition) is 2. The second-order valence-corrected chi connectivity index (χ2v) is 6.07. The first-order valence-corrected chi connectivity index (χ1v) is 8.14. The lowest BCUT2D eigenvalue weighted by atomic mass is 9.97. The number of aromatic amines is 1. The van der Waals surface area contributed by atoms with Crippen LogP contribution in [0.15, 0.2) is 29.1 Å². The van der Waals surface area contributed by atoms with Gasteiger partial charge in [-0.25, -0.2) is 4.98 Å². The first-order valence-electron chi connectivity index (χ1n) is 8.14. The third-order valence-electron chi connectivity index (χ3n) is 4.46. The lowest BCUT2D eigenvalue weighted by Crippen LogP contribution is -2.88. The second-order valence-electron chi connectivity index (χ2n) is 6.07. The highest BCUT2D eigenvalue weighted by Gasteiger charge is 2.14. The van der Waals surface area contributed by atoms with Gasteiger partial charge in [0.15, 0.2) is 5.82 Å². The number of rotatable bonds is 3. The summed E-state index contributed by atoms with van der Waals surface area (Å²) < 4.78 is 0. The summed E-state index contributed by atoms with van der Waals surface area (Å²) in [5.74, 6) is 0.792. The van der Waals surface area contributed by atoms with E-state index in [1.165, 1.54) is 44.9 Å². The van der Waals surface area contributed by atoms with Gasteiger partial charge in [0, 0.05) is 0 Å². The molecule has 21 heavy (non-hydrogen) atoms. The molecule has 1 aliphatic carbocycles. The molecule has 4 nitrogen and oxygen atoms in total. The lowest BCUT2D eigenvalue weighted by Gasteiger charge is -2.17. The average Bonchev–Trinajstić information content (AvgIpc) is 2.46. The molecule has 0 atom stereocenters. The van der Waals surface area contributed by atoms with Crippen LogP contribution in [-0.2, 0) is 6.54 Å². The first kappa shape index (κ1) is 14.3. The molecule has 112 valence electrons. The van der Waals surface area contributed by atoms with E-state index in [1.807, 2.05) is 24.3 Å². The van der Waals surface area contributed by atoms with Crippen molar-refractivity contribution in [3.8, 4) is 0 Å². The number of nitrogens with zero attached hydrogens (tertiary/aromatic N) is 1. The van der Waals surface area contributed by atoms with Crippen LogP contribution in [0, 0.1) is 0 Å². The Hall–Kier alpha value is -1.68. The first-order chi connectivity index (χ1) is 10.3. The summed E-state index contributed by atoms with van der Waals surface area (Å²) in [6, 6.07) is 8.21. The Labute approximate surface area is 125 Å². The predicted molar refractivity (Wildman–Crippen MR) is 84.1 cm³/mol. The normalized spacial score (nSPS) is 17.5. The fourth-order valence-electron chi connectivity index (χ4n) is 3.23. The van der Waals surface area contributed by atoms with Gasteiger partial charge in [-0.15, -0.1) is 0 Å². The summed E-state index contributed by atoms with van der Waals surface area (Å²) in [6.45, 7) is 0.769. The Bertz CT molecular complexity index is 642. The number of H-pyrrole nitrogens is 1. The molecule has 0 amide bonds. The van der Waals surface area contributed by atoms with Gasteiger partial charge in [0.2, 0.25) is 0 Å². The standard InChI is InChI=1S/C17H23N3O/c21-17-14-10-6-7-11-15(14)19-16(20-17)12-18-13-8-4-2-1-3-5-9-13/h6-7,10-11,13,18H,1-5,8-9,12H2,(H,19,20,21)/p+1. The summed E-state index contributed by atoms with van der Waals surface area (Å²) in [7, 11) is 0. The molecule has 1 heterocycles. The third-order valence-corrected chi connectivity index (χ3v) is 4.46. The molecular weight excluding hydrogens is 262 g/mol. The van der Waals surface area contributed by atoms with Crippen molar-refractivity contribution >= 4 is 10.9 Å². The van der Waals surface area contributed by atoms with E-state index in [9.17, 15) is 4.79 Å². The number of nitrogens with one attached hydrogen (secondary N) is 1. The van der Waals surface area contributed by atoms with Gasteiger partial charge in [0.1, 0.15) is 6.54 Å². The molecule has 0 aliphatic heterocycles. The van der Waals surface area contributed by atoms with Crippen LogP contribution in [-0.4, -0.2) is 16.0 Å². The molecular formula is C17H24N3O+. The van der Waals surface area contributed by atoms with E-state index < -0.39 is 0 Å². The fourth-order valence-corrected chi connectivity index (χ4v) is 3.23. The molecule has 2 aromatic rings. The number of para-hydroxylation sites is 1. The van der Waals surface area contributed by atoms with Crippen molar-refractivity contribution in [3.05, 3.63) is 40.4 Å². The maximum absolute atomic E-state index is 12.0. The number of nitrogens with two attached hydrogens (primary N) is 1. The van der Waals surface area contributed by atoms with Crippen molar-refractivity contribution in [1.82, 2.24) is 9.97 Å². The lowest BCUT2D eigenvalue weighted by molar-refractivity contribution is -0.706. The molecule has 3 rings (SSSR count). The minimum absolute atomic E-state index is 0.0262. The van der Waals surface area contributed by atoms with Gasteiger partial charge < -0.3 is 10.3 Å². The molecule has 0 unspecified atom stereocenters. The van der Waals surface area contributed by atoms with Crippen LogP contribution in [0.4, 0.5) is 0 Å². The Kier molecular flexibility index (Phi) is 4.65. The fraction of sp³-hybridized carbons (Fsp3) is 0.529. The third kappa shape index (κ3) is 3.70. The SMILES string of the molecule is O=c1[nH]c(C[NH2+]C2CCCCCCC2)nc2ccccc12. The van der Waals surface area contributed by atoms with E-state index >= 15 is 0 Å². The Balaban J connectivity index is 1.68. The van der Waals surface area contributed by atoms with Gasteiger partial charge in [-0.3, -0.25) is 4.79 Å². The molecule has 1 aromatic carbocycles. The van der Waals surface area contributed by atoms with Gasteiger partial charge in [-0.05, 0) is 37.8 Å². The van der Waals surface area contributed by atoms with Crippen molar-refractivity contribution in [2.45, 2.75) is 57.5 Å². The quantitative estimate of drug-likeness (QED) is 0.907. The molecule has 1 saturated carbocycles. The van der Waals surface area contributed by atoms with Crippen LogP contribution < -0.4 is 10.9 Å². The van der Waals surface area contributed by atoms with E-state index in [1.54, 1.807) is 0 Å². The summed E-state index contributed by atoms with van der Waals surface area (Å²) in [5.41, 5.74) is 0.768. The van der Waals surface area contributed by atoms with Crippen molar-refractivity contribution in [3.63, 3.8) is 0 Å². The van der Waals surface area contributed by atoms with Crippen LogP contribution in [0.25, 0.3) is 10.9 Å². The molecule has 1 aromatic heterocycles. The zero-order valence-electron chi connectivity index (χ0n) is 12.5. The highest BCUT2D eigenvalue weighted by Crippen LogP contribution is 2.15. The average molecular weight is 286 g/mol. The van der Waals surface area contributed by atoms with E-state index in [0.717, 1.165) is 17.9 Å². The van der Waals surface area contributed by atoms with Crippen LogP contribution in [0.5, 0.6) is 0 Å². The van der Waals surface area contributed by atoms with E-state index in [0.29, 0.717) is 11.4 Å². The predicted octanol–water partition coefficient (Wildman–Crippen LogP) is 2.10.